The average Bonchev–Trinajstić information content (AvgIpc) is 2.15. The summed E-state index contributed by atoms with van der Waals surface area (Å²) in [6.07, 6.45) is 4.79. The third-order valence-corrected chi connectivity index (χ3v) is 1.91. The van der Waals surface area contributed by atoms with Crippen LogP contribution in [0.25, 0.3) is 0 Å². The van der Waals surface area contributed by atoms with Gasteiger partial charge in [-0.25, -0.2) is 9.97 Å². The maximum absolute atomic E-state index is 10.7. The van der Waals surface area contributed by atoms with Crippen LogP contribution in [0.3, 0.4) is 0 Å². The largest absolute Gasteiger partial charge is 0.369 e. The second kappa shape index (κ2) is 4.54. The Hall–Kier alpha value is -1.45. The molecule has 0 aliphatic carbocycles. The summed E-state index contributed by atoms with van der Waals surface area (Å²) in [5.41, 5.74) is 5.12. The van der Waals surface area contributed by atoms with Crippen LogP contribution in [0.5, 0.6) is 0 Å². The molecule has 1 amide bonds. The molecule has 0 saturated carbocycles. The van der Waals surface area contributed by atoms with E-state index in [1.807, 2.05) is 6.92 Å². The molecule has 0 saturated heterocycles. The molecule has 0 aliphatic heterocycles. The highest BCUT2D eigenvalue weighted by molar-refractivity contribution is 5.76. The fourth-order valence-electron chi connectivity index (χ4n) is 0.947. The Bertz CT molecular complexity index is 273. The topological polar surface area (TPSA) is 68.9 Å². The molecule has 70 valence electrons. The minimum absolute atomic E-state index is 0.108. The predicted octanol–water partition coefficient (Wildman–Crippen LogP) is 0.531. The molecule has 0 radical (unpaired) electrons. The molecule has 1 rings (SSSR count). The van der Waals surface area contributed by atoms with Gasteiger partial charge < -0.3 is 5.73 Å². The van der Waals surface area contributed by atoms with Crippen LogP contribution in [0, 0.1) is 5.92 Å². The lowest BCUT2D eigenvalue weighted by Gasteiger charge is -2.04. The lowest BCUT2D eigenvalue weighted by molar-refractivity contribution is -0.121. The molecule has 0 bridgehead atoms. The number of aryl methyl sites for hydroxylation is 1. The first-order valence-corrected chi connectivity index (χ1v) is 4.25. The highest BCUT2D eigenvalue weighted by atomic mass is 16.1. The first-order chi connectivity index (χ1) is 6.20. The number of rotatable bonds is 4. The fraction of sp³-hybridized carbons (Fsp3) is 0.444. The van der Waals surface area contributed by atoms with Gasteiger partial charge in [-0.2, -0.15) is 0 Å². The maximum Gasteiger partial charge on any atom is 0.220 e. The van der Waals surface area contributed by atoms with Gasteiger partial charge in [0.1, 0.15) is 5.82 Å². The summed E-state index contributed by atoms with van der Waals surface area (Å²) < 4.78 is 0. The Morgan fingerprint density at radius 1 is 1.54 bits per heavy atom. The number of hydrogen-bond acceptors (Lipinski definition) is 3. The predicted molar refractivity (Wildman–Crippen MR) is 48.7 cm³/mol. The SMILES string of the molecule is CC(CCc1ncccn1)C(N)=O. The van der Waals surface area contributed by atoms with E-state index in [1.165, 1.54) is 0 Å². The van der Waals surface area contributed by atoms with E-state index in [9.17, 15) is 4.79 Å². The maximum atomic E-state index is 10.7. The van der Waals surface area contributed by atoms with Crippen LogP contribution in [-0.4, -0.2) is 15.9 Å². The molecule has 1 aromatic heterocycles. The number of aromatic nitrogens is 2. The molecule has 1 aromatic rings. The zero-order valence-corrected chi connectivity index (χ0v) is 7.60. The van der Waals surface area contributed by atoms with Crippen LogP contribution in [-0.2, 0) is 11.2 Å². The lowest BCUT2D eigenvalue weighted by atomic mass is 10.1. The number of hydrogen-bond donors (Lipinski definition) is 1. The Balaban J connectivity index is 2.39. The molecule has 2 N–H and O–H groups in total. The van der Waals surface area contributed by atoms with Crippen molar-refractivity contribution in [2.24, 2.45) is 11.7 Å². The molecular formula is C9H13N3O. The van der Waals surface area contributed by atoms with Crippen molar-refractivity contribution in [3.63, 3.8) is 0 Å². The molecule has 4 nitrogen and oxygen atoms in total. The number of nitrogens with zero attached hydrogens (tertiary/aromatic N) is 2. The molecule has 0 fully saturated rings. The monoisotopic (exact) mass is 179 g/mol. The third-order valence-electron chi connectivity index (χ3n) is 1.91. The highest BCUT2D eigenvalue weighted by Gasteiger charge is 2.08. The van der Waals surface area contributed by atoms with E-state index in [-0.39, 0.29) is 11.8 Å². The van der Waals surface area contributed by atoms with Gasteiger partial charge in [-0.3, -0.25) is 4.79 Å². The Morgan fingerprint density at radius 3 is 2.69 bits per heavy atom. The summed E-state index contributed by atoms with van der Waals surface area (Å²) >= 11 is 0. The first kappa shape index (κ1) is 9.64. The number of nitrogens with two attached hydrogens (primary N) is 1. The highest BCUT2D eigenvalue weighted by Crippen LogP contribution is 2.04. The van der Waals surface area contributed by atoms with Crippen LogP contribution < -0.4 is 5.73 Å². The molecule has 0 aromatic carbocycles. The van der Waals surface area contributed by atoms with E-state index in [2.05, 4.69) is 9.97 Å². The second-order valence-electron chi connectivity index (χ2n) is 3.01. The van der Waals surface area contributed by atoms with Crippen molar-refractivity contribution < 1.29 is 4.79 Å². The average molecular weight is 179 g/mol. The minimum atomic E-state index is -0.268. The van der Waals surface area contributed by atoms with E-state index in [0.717, 1.165) is 5.82 Å². The first-order valence-electron chi connectivity index (χ1n) is 4.25. The lowest BCUT2D eigenvalue weighted by Crippen LogP contribution is -2.21. The van der Waals surface area contributed by atoms with Crippen molar-refractivity contribution in [2.45, 2.75) is 19.8 Å². The van der Waals surface area contributed by atoms with Gasteiger partial charge in [0.05, 0.1) is 0 Å². The van der Waals surface area contributed by atoms with Crippen molar-refractivity contribution in [1.29, 1.82) is 0 Å². The van der Waals surface area contributed by atoms with Crippen molar-refractivity contribution in [1.82, 2.24) is 9.97 Å². The minimum Gasteiger partial charge on any atom is -0.369 e. The van der Waals surface area contributed by atoms with Gasteiger partial charge in [-0.05, 0) is 12.5 Å². The fourth-order valence-corrected chi connectivity index (χ4v) is 0.947. The molecule has 1 unspecified atom stereocenters. The molecule has 13 heavy (non-hydrogen) atoms. The zero-order chi connectivity index (χ0) is 9.68. The van der Waals surface area contributed by atoms with Gasteiger partial charge in [0.25, 0.3) is 0 Å². The molecule has 4 heteroatoms. The third kappa shape index (κ3) is 3.19. The van der Waals surface area contributed by atoms with Crippen molar-refractivity contribution in [3.8, 4) is 0 Å². The van der Waals surface area contributed by atoms with Crippen LogP contribution in [0.15, 0.2) is 18.5 Å². The van der Waals surface area contributed by atoms with Gasteiger partial charge in [0.15, 0.2) is 0 Å². The van der Waals surface area contributed by atoms with Crippen LogP contribution in [0.4, 0.5) is 0 Å². The van der Waals surface area contributed by atoms with Crippen molar-refractivity contribution in [2.75, 3.05) is 0 Å². The Morgan fingerprint density at radius 2 is 2.15 bits per heavy atom. The summed E-state index contributed by atoms with van der Waals surface area (Å²) in [5, 5.41) is 0. The number of carbonyl (C=O) groups excluding carboxylic acids is 1. The van der Waals surface area contributed by atoms with Crippen molar-refractivity contribution in [3.05, 3.63) is 24.3 Å². The van der Waals surface area contributed by atoms with Crippen molar-refractivity contribution >= 4 is 5.91 Å². The molecule has 0 spiro atoms. The number of primary amides is 1. The second-order valence-corrected chi connectivity index (χ2v) is 3.01. The summed E-state index contributed by atoms with van der Waals surface area (Å²) in [7, 11) is 0. The normalized spacial score (nSPS) is 12.4. The summed E-state index contributed by atoms with van der Waals surface area (Å²) in [5.74, 6) is 0.385. The Kier molecular flexibility index (Phi) is 3.37. The van der Waals surface area contributed by atoms with Crippen LogP contribution in [0.1, 0.15) is 19.2 Å². The van der Waals surface area contributed by atoms with Gasteiger partial charge in [0, 0.05) is 24.7 Å². The van der Waals surface area contributed by atoms with E-state index in [0.29, 0.717) is 12.8 Å². The molecule has 1 atom stereocenters. The Labute approximate surface area is 77.2 Å². The van der Waals surface area contributed by atoms with Gasteiger partial charge in [0.2, 0.25) is 5.91 Å². The van der Waals surface area contributed by atoms with Gasteiger partial charge in [-0.1, -0.05) is 6.92 Å². The smallest absolute Gasteiger partial charge is 0.220 e. The van der Waals surface area contributed by atoms with Crippen LogP contribution >= 0.6 is 0 Å². The summed E-state index contributed by atoms with van der Waals surface area (Å²) in [4.78, 5) is 18.8. The van der Waals surface area contributed by atoms with Gasteiger partial charge >= 0.3 is 0 Å². The molecule has 0 aliphatic rings. The summed E-state index contributed by atoms with van der Waals surface area (Å²) in [6.45, 7) is 1.81. The van der Waals surface area contributed by atoms with Crippen LogP contribution in [0.2, 0.25) is 0 Å². The molecular weight excluding hydrogens is 166 g/mol. The molecule has 1 heterocycles. The zero-order valence-electron chi connectivity index (χ0n) is 7.60. The van der Waals surface area contributed by atoms with E-state index in [4.69, 9.17) is 5.73 Å². The van der Waals surface area contributed by atoms with Gasteiger partial charge in [-0.15, -0.1) is 0 Å². The van der Waals surface area contributed by atoms with E-state index < -0.39 is 0 Å². The standard InChI is InChI=1S/C9H13N3O/c1-7(9(10)13)3-4-8-11-5-2-6-12-8/h2,5-7H,3-4H2,1H3,(H2,10,13). The number of carbonyl (C=O) groups is 1. The van der Waals surface area contributed by atoms with E-state index >= 15 is 0 Å². The summed E-state index contributed by atoms with van der Waals surface area (Å²) in [6, 6.07) is 1.76. The number of amides is 1. The quantitative estimate of drug-likeness (QED) is 0.733. The van der Waals surface area contributed by atoms with E-state index in [1.54, 1.807) is 18.5 Å².